The third kappa shape index (κ3) is 5.45. The predicted molar refractivity (Wildman–Crippen MR) is 150 cm³/mol. The SMILES string of the molecule is CC(C)(C)OC(=O)C1CC(NCc2ccccc2)(C(=O)O)CN1C(=O)OCC1c2ccccc2-c2ccccc21. The summed E-state index contributed by atoms with van der Waals surface area (Å²) in [7, 11) is 0. The number of hydrogen-bond acceptors (Lipinski definition) is 6. The van der Waals surface area contributed by atoms with Crippen LogP contribution in [0.1, 0.15) is 49.8 Å². The van der Waals surface area contributed by atoms with Crippen molar-refractivity contribution in [2.45, 2.75) is 56.8 Å². The lowest BCUT2D eigenvalue weighted by atomic mass is 9.95. The minimum Gasteiger partial charge on any atom is -0.480 e. The summed E-state index contributed by atoms with van der Waals surface area (Å²) in [5.41, 5.74) is 2.84. The van der Waals surface area contributed by atoms with Crippen molar-refractivity contribution in [3.63, 3.8) is 0 Å². The maximum Gasteiger partial charge on any atom is 0.410 e. The summed E-state index contributed by atoms with van der Waals surface area (Å²) in [5.74, 6) is -1.98. The molecule has 8 heteroatoms. The largest absolute Gasteiger partial charge is 0.480 e. The molecule has 0 radical (unpaired) electrons. The quantitative estimate of drug-likeness (QED) is 0.407. The van der Waals surface area contributed by atoms with Gasteiger partial charge in [0.05, 0.1) is 6.54 Å². The maximum absolute atomic E-state index is 13.6. The molecule has 40 heavy (non-hydrogen) atoms. The van der Waals surface area contributed by atoms with Crippen LogP contribution < -0.4 is 5.32 Å². The third-order valence-corrected chi connectivity index (χ3v) is 7.49. The van der Waals surface area contributed by atoms with E-state index in [1.807, 2.05) is 66.7 Å². The van der Waals surface area contributed by atoms with Gasteiger partial charge in [0.15, 0.2) is 0 Å². The maximum atomic E-state index is 13.6. The number of aliphatic carboxylic acids is 1. The van der Waals surface area contributed by atoms with Gasteiger partial charge >= 0.3 is 18.0 Å². The summed E-state index contributed by atoms with van der Waals surface area (Å²) in [6, 6.07) is 24.3. The normalized spacial score (nSPS) is 20.1. The van der Waals surface area contributed by atoms with E-state index < -0.39 is 35.2 Å². The molecule has 0 bridgehead atoms. The van der Waals surface area contributed by atoms with Crippen LogP contribution in [0.3, 0.4) is 0 Å². The molecule has 3 aromatic rings. The number of rotatable bonds is 7. The first-order chi connectivity index (χ1) is 19.1. The van der Waals surface area contributed by atoms with Crippen molar-refractivity contribution < 1.29 is 29.0 Å². The number of carbonyl (C=O) groups is 3. The first-order valence-corrected chi connectivity index (χ1v) is 13.4. The standard InChI is InChI=1S/C32H34N2O6/c1-31(2,3)40-28(35)27-17-32(29(36)37,33-18-21-11-5-4-6-12-21)20-34(27)30(38)39-19-26-24-15-9-7-13-22(24)23-14-8-10-16-25(23)26/h4-16,26-27,33H,17-20H2,1-3H3,(H,36,37). The molecule has 0 aromatic heterocycles. The Labute approximate surface area is 233 Å². The van der Waals surface area contributed by atoms with Crippen molar-refractivity contribution in [3.8, 4) is 11.1 Å². The van der Waals surface area contributed by atoms with Crippen LogP contribution >= 0.6 is 0 Å². The van der Waals surface area contributed by atoms with Gasteiger partial charge in [-0.25, -0.2) is 9.59 Å². The molecule has 0 spiro atoms. The van der Waals surface area contributed by atoms with E-state index in [9.17, 15) is 19.5 Å². The second kappa shape index (κ2) is 10.8. The van der Waals surface area contributed by atoms with Crippen molar-refractivity contribution in [1.29, 1.82) is 0 Å². The highest BCUT2D eigenvalue weighted by Gasteiger charge is 2.55. The average Bonchev–Trinajstić information content (AvgIpc) is 3.48. The Kier molecular flexibility index (Phi) is 7.38. The van der Waals surface area contributed by atoms with Gasteiger partial charge in [-0.15, -0.1) is 0 Å². The molecule has 5 rings (SSSR count). The molecular weight excluding hydrogens is 508 g/mol. The Morgan fingerprint density at radius 2 is 1.50 bits per heavy atom. The monoisotopic (exact) mass is 542 g/mol. The summed E-state index contributed by atoms with van der Waals surface area (Å²) in [4.78, 5) is 40.6. The molecule has 1 saturated heterocycles. The lowest BCUT2D eigenvalue weighted by Gasteiger charge is -2.27. The number of likely N-dealkylation sites (tertiary alicyclic amines) is 1. The van der Waals surface area contributed by atoms with Crippen LogP contribution in [-0.4, -0.2) is 58.4 Å². The fraction of sp³-hybridized carbons (Fsp3) is 0.344. The first-order valence-electron chi connectivity index (χ1n) is 13.4. The van der Waals surface area contributed by atoms with E-state index >= 15 is 0 Å². The van der Waals surface area contributed by atoms with Gasteiger partial charge in [0.2, 0.25) is 0 Å². The number of carboxylic acid groups (broad SMARTS) is 1. The highest BCUT2D eigenvalue weighted by molar-refractivity contribution is 5.88. The smallest absolute Gasteiger partial charge is 0.410 e. The Bertz CT molecular complexity index is 1370. The zero-order valence-electron chi connectivity index (χ0n) is 22.9. The number of esters is 1. The molecule has 1 aliphatic carbocycles. The van der Waals surface area contributed by atoms with Crippen molar-refractivity contribution in [1.82, 2.24) is 10.2 Å². The zero-order valence-corrected chi connectivity index (χ0v) is 22.9. The van der Waals surface area contributed by atoms with Crippen molar-refractivity contribution in [2.24, 2.45) is 0 Å². The number of carboxylic acids is 1. The molecule has 1 fully saturated rings. The second-order valence-corrected chi connectivity index (χ2v) is 11.4. The predicted octanol–water partition coefficient (Wildman–Crippen LogP) is 4.96. The molecular formula is C32H34N2O6. The Hall–Kier alpha value is -4.17. The van der Waals surface area contributed by atoms with E-state index in [0.29, 0.717) is 0 Å². The van der Waals surface area contributed by atoms with Gasteiger partial charge in [-0.3, -0.25) is 15.0 Å². The van der Waals surface area contributed by atoms with Crippen LogP contribution in [0.5, 0.6) is 0 Å². The Morgan fingerprint density at radius 1 is 0.925 bits per heavy atom. The van der Waals surface area contributed by atoms with E-state index in [1.54, 1.807) is 20.8 Å². The Morgan fingerprint density at radius 3 is 2.08 bits per heavy atom. The number of carbonyl (C=O) groups excluding carboxylic acids is 2. The van der Waals surface area contributed by atoms with Crippen LogP contribution in [0, 0.1) is 0 Å². The summed E-state index contributed by atoms with van der Waals surface area (Å²) in [5, 5.41) is 13.4. The molecule has 2 unspecified atom stereocenters. The molecule has 1 amide bonds. The summed E-state index contributed by atoms with van der Waals surface area (Å²) in [6.45, 7) is 5.27. The molecule has 2 N–H and O–H groups in total. The minimum absolute atomic E-state index is 0.0575. The summed E-state index contributed by atoms with van der Waals surface area (Å²) < 4.78 is 11.4. The summed E-state index contributed by atoms with van der Waals surface area (Å²) in [6.07, 6.45) is -0.892. The van der Waals surface area contributed by atoms with Crippen molar-refractivity contribution in [2.75, 3.05) is 13.2 Å². The van der Waals surface area contributed by atoms with Gasteiger partial charge in [-0.1, -0.05) is 78.9 Å². The van der Waals surface area contributed by atoms with E-state index in [2.05, 4.69) is 17.4 Å². The van der Waals surface area contributed by atoms with E-state index in [0.717, 1.165) is 27.8 Å². The number of nitrogens with one attached hydrogen (secondary N) is 1. The molecule has 2 atom stereocenters. The molecule has 1 aliphatic heterocycles. The molecule has 3 aromatic carbocycles. The van der Waals surface area contributed by atoms with Crippen molar-refractivity contribution in [3.05, 3.63) is 95.6 Å². The molecule has 2 aliphatic rings. The molecule has 1 heterocycles. The third-order valence-electron chi connectivity index (χ3n) is 7.49. The molecule has 0 saturated carbocycles. The lowest BCUT2D eigenvalue weighted by Crippen LogP contribution is -2.54. The average molecular weight is 543 g/mol. The van der Waals surface area contributed by atoms with Crippen molar-refractivity contribution >= 4 is 18.0 Å². The molecule has 8 nitrogen and oxygen atoms in total. The van der Waals surface area contributed by atoms with Crippen LogP contribution in [-0.2, 0) is 25.6 Å². The second-order valence-electron chi connectivity index (χ2n) is 11.4. The van der Waals surface area contributed by atoms with Crippen LogP contribution in [0.2, 0.25) is 0 Å². The van der Waals surface area contributed by atoms with Gasteiger partial charge in [0.25, 0.3) is 0 Å². The van der Waals surface area contributed by atoms with Crippen LogP contribution in [0.4, 0.5) is 4.79 Å². The van der Waals surface area contributed by atoms with Gasteiger partial charge < -0.3 is 14.6 Å². The van der Waals surface area contributed by atoms with Crippen LogP contribution in [0.25, 0.3) is 11.1 Å². The van der Waals surface area contributed by atoms with Gasteiger partial charge in [0, 0.05) is 18.9 Å². The van der Waals surface area contributed by atoms with E-state index in [-0.39, 0.29) is 32.0 Å². The lowest BCUT2D eigenvalue weighted by molar-refractivity contribution is -0.159. The topological polar surface area (TPSA) is 105 Å². The fourth-order valence-electron chi connectivity index (χ4n) is 5.58. The number of benzene rings is 3. The minimum atomic E-state index is -1.55. The number of hydrogen-bond donors (Lipinski definition) is 2. The van der Waals surface area contributed by atoms with Crippen LogP contribution in [0.15, 0.2) is 78.9 Å². The zero-order chi connectivity index (χ0) is 28.5. The number of fused-ring (bicyclic) bond motifs is 3. The highest BCUT2D eigenvalue weighted by Crippen LogP contribution is 2.44. The summed E-state index contributed by atoms with van der Waals surface area (Å²) >= 11 is 0. The number of ether oxygens (including phenoxy) is 2. The fourth-order valence-corrected chi connectivity index (χ4v) is 5.58. The van der Waals surface area contributed by atoms with Gasteiger partial charge in [0.1, 0.15) is 23.8 Å². The number of nitrogens with zero attached hydrogens (tertiary/aromatic N) is 1. The Balaban J connectivity index is 1.38. The highest BCUT2D eigenvalue weighted by atomic mass is 16.6. The molecule has 208 valence electrons. The van der Waals surface area contributed by atoms with E-state index in [4.69, 9.17) is 9.47 Å². The van der Waals surface area contributed by atoms with Gasteiger partial charge in [-0.2, -0.15) is 0 Å². The van der Waals surface area contributed by atoms with E-state index in [1.165, 1.54) is 4.90 Å². The van der Waals surface area contributed by atoms with Gasteiger partial charge in [-0.05, 0) is 48.6 Å². The number of amides is 1. The first kappa shape index (κ1) is 27.4.